The van der Waals surface area contributed by atoms with E-state index in [0.717, 1.165) is 31.2 Å². The first-order chi connectivity index (χ1) is 12.2. The highest BCUT2D eigenvalue weighted by Crippen LogP contribution is 2.21. The van der Waals surface area contributed by atoms with E-state index in [1.807, 2.05) is 6.07 Å². The highest BCUT2D eigenvalue weighted by molar-refractivity contribution is 14.0. The summed E-state index contributed by atoms with van der Waals surface area (Å²) in [5.41, 5.74) is 0.980. The molecule has 1 N–H and O–H groups in total. The first kappa shape index (κ1) is 20.9. The smallest absolute Gasteiger partial charge is 0.269 e. The minimum Gasteiger partial charge on any atom is -0.357 e. The van der Waals surface area contributed by atoms with Crippen molar-refractivity contribution < 1.29 is 4.92 Å². The monoisotopic (exact) mass is 473 g/mol. The first-order valence-corrected chi connectivity index (χ1v) is 9.18. The Morgan fingerprint density at radius 2 is 2.12 bits per heavy atom. The maximum atomic E-state index is 10.9. The summed E-state index contributed by atoms with van der Waals surface area (Å²) in [6.45, 7) is 7.81. The lowest BCUT2D eigenvalue weighted by Gasteiger charge is -2.25. The molecule has 1 aromatic rings. The molecule has 7 nitrogen and oxygen atoms in total. The molecule has 3 rings (SSSR count). The topological polar surface area (TPSA) is 74.0 Å². The van der Waals surface area contributed by atoms with Gasteiger partial charge in [0.1, 0.15) is 0 Å². The van der Waals surface area contributed by atoms with Gasteiger partial charge in [-0.25, -0.2) is 4.99 Å². The molecule has 1 unspecified atom stereocenters. The predicted molar refractivity (Wildman–Crippen MR) is 114 cm³/mol. The van der Waals surface area contributed by atoms with Crippen molar-refractivity contribution >= 4 is 35.6 Å². The Morgan fingerprint density at radius 3 is 2.81 bits per heavy atom. The third-order valence-corrected chi connectivity index (χ3v) is 4.99. The van der Waals surface area contributed by atoms with Gasteiger partial charge in [-0.3, -0.25) is 15.0 Å². The summed E-state index contributed by atoms with van der Waals surface area (Å²) in [5.74, 6) is 0.913. The molecule has 0 aromatic heterocycles. The van der Waals surface area contributed by atoms with E-state index < -0.39 is 0 Å². The van der Waals surface area contributed by atoms with Gasteiger partial charge in [-0.2, -0.15) is 0 Å². The van der Waals surface area contributed by atoms with Crippen LogP contribution >= 0.6 is 24.0 Å². The van der Waals surface area contributed by atoms with Crippen LogP contribution in [0.15, 0.2) is 29.3 Å². The van der Waals surface area contributed by atoms with Gasteiger partial charge in [-0.15, -0.1) is 24.0 Å². The van der Waals surface area contributed by atoms with Crippen molar-refractivity contribution in [3.63, 3.8) is 0 Å². The molecule has 2 heterocycles. The molecule has 144 valence electrons. The van der Waals surface area contributed by atoms with Crippen molar-refractivity contribution in [2.45, 2.75) is 38.8 Å². The van der Waals surface area contributed by atoms with E-state index in [2.05, 4.69) is 22.0 Å². The number of rotatable bonds is 5. The second-order valence-electron chi connectivity index (χ2n) is 6.73. The zero-order valence-electron chi connectivity index (χ0n) is 15.3. The van der Waals surface area contributed by atoms with E-state index in [0.29, 0.717) is 12.6 Å². The molecule has 0 bridgehead atoms. The van der Waals surface area contributed by atoms with E-state index in [9.17, 15) is 10.1 Å². The largest absolute Gasteiger partial charge is 0.357 e. The molecule has 2 aliphatic heterocycles. The van der Waals surface area contributed by atoms with E-state index >= 15 is 0 Å². The lowest BCUT2D eigenvalue weighted by molar-refractivity contribution is -0.384. The van der Waals surface area contributed by atoms with Gasteiger partial charge >= 0.3 is 0 Å². The number of nitro groups is 1. The number of halogens is 1. The van der Waals surface area contributed by atoms with Gasteiger partial charge in [0, 0.05) is 37.8 Å². The van der Waals surface area contributed by atoms with Crippen LogP contribution in [0.25, 0.3) is 0 Å². The SMILES string of the molecule is CCNC(=NCc1cccc([N+](=O)[O-])c1)N1CCC(N2CCCC2)C1.I. The molecular formula is C18H28IN5O2. The summed E-state index contributed by atoms with van der Waals surface area (Å²) in [5, 5.41) is 14.3. The van der Waals surface area contributed by atoms with Crippen LogP contribution in [0.3, 0.4) is 0 Å². The summed E-state index contributed by atoms with van der Waals surface area (Å²) < 4.78 is 0. The summed E-state index contributed by atoms with van der Waals surface area (Å²) >= 11 is 0. The molecular weight excluding hydrogens is 445 g/mol. The number of guanidine groups is 1. The number of non-ortho nitro benzene ring substituents is 1. The molecule has 1 aromatic carbocycles. The van der Waals surface area contributed by atoms with Gasteiger partial charge in [-0.1, -0.05) is 12.1 Å². The normalized spacial score (nSPS) is 20.9. The van der Waals surface area contributed by atoms with Crippen LogP contribution in [0.4, 0.5) is 5.69 Å². The van der Waals surface area contributed by atoms with Crippen LogP contribution < -0.4 is 5.32 Å². The van der Waals surface area contributed by atoms with Crippen LogP contribution in [0.5, 0.6) is 0 Å². The predicted octanol–water partition coefficient (Wildman–Crippen LogP) is 2.85. The summed E-state index contributed by atoms with van der Waals surface area (Å²) in [6, 6.07) is 7.35. The Hall–Kier alpha value is -1.42. The van der Waals surface area contributed by atoms with Crippen LogP contribution in [0.1, 0.15) is 31.7 Å². The lowest BCUT2D eigenvalue weighted by Crippen LogP contribution is -2.42. The highest BCUT2D eigenvalue weighted by Gasteiger charge is 2.30. The molecule has 2 saturated heterocycles. The number of benzene rings is 1. The standard InChI is InChI=1S/C18H27N5O2.HI/c1-2-19-18(20-13-15-6-5-7-16(12-15)23(24)25)22-11-8-17(14-22)21-9-3-4-10-21;/h5-7,12,17H,2-4,8-11,13-14H2,1H3,(H,19,20);1H. The Morgan fingerprint density at radius 1 is 1.35 bits per heavy atom. The lowest BCUT2D eigenvalue weighted by atomic mass is 10.2. The van der Waals surface area contributed by atoms with Gasteiger partial charge in [0.25, 0.3) is 5.69 Å². The van der Waals surface area contributed by atoms with Gasteiger partial charge in [0.2, 0.25) is 0 Å². The molecule has 0 spiro atoms. The molecule has 0 saturated carbocycles. The fourth-order valence-electron chi connectivity index (χ4n) is 3.70. The van der Waals surface area contributed by atoms with E-state index in [1.165, 1.54) is 38.4 Å². The van der Waals surface area contributed by atoms with Gasteiger partial charge in [-0.05, 0) is 44.8 Å². The first-order valence-electron chi connectivity index (χ1n) is 9.18. The van der Waals surface area contributed by atoms with Crippen molar-refractivity contribution in [1.82, 2.24) is 15.1 Å². The zero-order valence-corrected chi connectivity index (χ0v) is 17.6. The molecule has 2 aliphatic rings. The van der Waals surface area contributed by atoms with Gasteiger partial charge < -0.3 is 10.2 Å². The summed E-state index contributed by atoms with van der Waals surface area (Å²) in [6.07, 6.45) is 3.82. The summed E-state index contributed by atoms with van der Waals surface area (Å²) in [7, 11) is 0. The molecule has 8 heteroatoms. The average molecular weight is 473 g/mol. The Balaban J connectivity index is 0.00000243. The average Bonchev–Trinajstić information content (AvgIpc) is 3.30. The Kier molecular flexibility index (Phi) is 8.08. The molecule has 0 radical (unpaired) electrons. The maximum Gasteiger partial charge on any atom is 0.269 e. The number of nitrogens with zero attached hydrogens (tertiary/aromatic N) is 4. The zero-order chi connectivity index (χ0) is 17.6. The second kappa shape index (κ2) is 10.1. The van der Waals surface area contributed by atoms with E-state index in [4.69, 9.17) is 4.99 Å². The molecule has 0 aliphatic carbocycles. The number of likely N-dealkylation sites (tertiary alicyclic amines) is 2. The third kappa shape index (κ3) is 5.29. The fraction of sp³-hybridized carbons (Fsp3) is 0.611. The van der Waals surface area contributed by atoms with Gasteiger partial charge in [0.05, 0.1) is 11.5 Å². The minimum absolute atomic E-state index is 0. The van der Waals surface area contributed by atoms with Crippen LogP contribution in [-0.4, -0.2) is 59.4 Å². The number of nitro benzene ring substituents is 1. The van der Waals surface area contributed by atoms with Crippen molar-refractivity contribution in [2.75, 3.05) is 32.7 Å². The van der Waals surface area contributed by atoms with Crippen LogP contribution in [0.2, 0.25) is 0 Å². The second-order valence-corrected chi connectivity index (χ2v) is 6.73. The van der Waals surface area contributed by atoms with Crippen LogP contribution in [-0.2, 0) is 6.54 Å². The minimum atomic E-state index is -0.362. The fourth-order valence-corrected chi connectivity index (χ4v) is 3.70. The number of hydrogen-bond acceptors (Lipinski definition) is 4. The quantitative estimate of drug-likeness (QED) is 0.234. The molecule has 0 amide bonds. The third-order valence-electron chi connectivity index (χ3n) is 4.99. The summed E-state index contributed by atoms with van der Waals surface area (Å²) in [4.78, 5) is 20.2. The number of aliphatic imine (C=N–C) groups is 1. The van der Waals surface area contributed by atoms with Crippen molar-refractivity contribution in [3.05, 3.63) is 39.9 Å². The number of nitrogens with one attached hydrogen (secondary N) is 1. The number of hydrogen-bond donors (Lipinski definition) is 1. The Bertz CT molecular complexity index is 634. The van der Waals surface area contributed by atoms with E-state index in [1.54, 1.807) is 12.1 Å². The van der Waals surface area contributed by atoms with E-state index in [-0.39, 0.29) is 34.6 Å². The van der Waals surface area contributed by atoms with Crippen molar-refractivity contribution in [3.8, 4) is 0 Å². The van der Waals surface area contributed by atoms with Crippen LogP contribution in [0, 0.1) is 10.1 Å². The molecule has 26 heavy (non-hydrogen) atoms. The van der Waals surface area contributed by atoms with Crippen molar-refractivity contribution in [1.29, 1.82) is 0 Å². The van der Waals surface area contributed by atoms with Gasteiger partial charge in [0.15, 0.2) is 5.96 Å². The highest BCUT2D eigenvalue weighted by atomic mass is 127. The molecule has 2 fully saturated rings. The maximum absolute atomic E-state index is 10.9. The molecule has 1 atom stereocenters. The van der Waals surface area contributed by atoms with Crippen molar-refractivity contribution in [2.24, 2.45) is 4.99 Å². The Labute approximate surface area is 172 Å².